The molecule has 2 aliphatic rings. The molecule has 0 unspecified atom stereocenters. The minimum absolute atomic E-state index is 0. The highest BCUT2D eigenvalue weighted by Gasteiger charge is 2.30. The molecule has 0 amide bonds. The predicted octanol–water partition coefficient (Wildman–Crippen LogP) is 2.94. The Morgan fingerprint density at radius 1 is 1.19 bits per heavy atom. The van der Waals surface area contributed by atoms with Gasteiger partial charge in [0, 0.05) is 46.3 Å². The number of hydrogen-bond donors (Lipinski definition) is 1. The number of rotatable bonds is 4. The molecule has 0 aromatic heterocycles. The molecular formula is C20H33IN4O. The van der Waals surface area contributed by atoms with Gasteiger partial charge in [0.1, 0.15) is 0 Å². The molecule has 2 heterocycles. The molecular weight excluding hydrogens is 439 g/mol. The van der Waals surface area contributed by atoms with Crippen molar-refractivity contribution < 1.29 is 4.74 Å². The summed E-state index contributed by atoms with van der Waals surface area (Å²) in [5.74, 6) is 1.02. The van der Waals surface area contributed by atoms with Crippen molar-refractivity contribution in [2.75, 3.05) is 46.4 Å². The van der Waals surface area contributed by atoms with Crippen molar-refractivity contribution >= 4 is 29.9 Å². The molecule has 6 heteroatoms. The van der Waals surface area contributed by atoms with E-state index >= 15 is 0 Å². The summed E-state index contributed by atoms with van der Waals surface area (Å²) in [5, 5.41) is 3.54. The Balaban J connectivity index is 0.00000243. The average Bonchev–Trinajstić information content (AvgIpc) is 2.97. The highest BCUT2D eigenvalue weighted by Crippen LogP contribution is 2.28. The molecule has 0 bridgehead atoms. The topological polar surface area (TPSA) is 40.1 Å². The number of likely N-dealkylation sites (tertiary alicyclic amines) is 1. The number of guanidine groups is 1. The Bertz CT molecular complexity index is 599. The lowest BCUT2D eigenvalue weighted by molar-refractivity contribution is 0.0342. The van der Waals surface area contributed by atoms with Crippen LogP contribution in [0.25, 0.3) is 0 Å². The van der Waals surface area contributed by atoms with Gasteiger partial charge in [-0.3, -0.25) is 9.89 Å². The van der Waals surface area contributed by atoms with E-state index in [9.17, 15) is 0 Å². The van der Waals surface area contributed by atoms with E-state index in [2.05, 4.69) is 58.2 Å². The molecule has 0 radical (unpaired) electrons. The molecule has 1 aromatic carbocycles. The van der Waals surface area contributed by atoms with Crippen LogP contribution < -0.4 is 5.32 Å². The first-order valence-electron chi connectivity index (χ1n) is 9.39. The fourth-order valence-electron chi connectivity index (χ4n) is 3.66. The molecule has 146 valence electrons. The quantitative estimate of drug-likeness (QED) is 0.416. The first kappa shape index (κ1) is 21.4. The first-order valence-corrected chi connectivity index (χ1v) is 9.39. The van der Waals surface area contributed by atoms with E-state index in [1.165, 1.54) is 17.5 Å². The zero-order chi connectivity index (χ0) is 17.7. The van der Waals surface area contributed by atoms with Gasteiger partial charge >= 0.3 is 0 Å². The second kappa shape index (κ2) is 9.90. The van der Waals surface area contributed by atoms with Crippen molar-refractivity contribution in [3.8, 4) is 0 Å². The first-order chi connectivity index (χ1) is 12.1. The van der Waals surface area contributed by atoms with Crippen molar-refractivity contribution in [1.82, 2.24) is 15.1 Å². The van der Waals surface area contributed by atoms with Gasteiger partial charge in [0.05, 0.1) is 13.2 Å². The summed E-state index contributed by atoms with van der Waals surface area (Å²) in [6.45, 7) is 12.4. The van der Waals surface area contributed by atoms with E-state index in [1.807, 2.05) is 7.05 Å². The predicted molar refractivity (Wildman–Crippen MR) is 118 cm³/mol. The molecule has 0 atom stereocenters. The maximum absolute atomic E-state index is 5.43. The lowest BCUT2D eigenvalue weighted by atomic mass is 9.93. The van der Waals surface area contributed by atoms with Gasteiger partial charge in [-0.2, -0.15) is 0 Å². The van der Waals surface area contributed by atoms with Crippen molar-refractivity contribution in [1.29, 1.82) is 0 Å². The molecule has 3 rings (SSSR count). The monoisotopic (exact) mass is 472 g/mol. The molecule has 2 aliphatic heterocycles. The van der Waals surface area contributed by atoms with Gasteiger partial charge in [-0.1, -0.05) is 38.1 Å². The minimum Gasteiger partial charge on any atom is -0.379 e. The van der Waals surface area contributed by atoms with Crippen LogP contribution in [0, 0.1) is 5.41 Å². The van der Waals surface area contributed by atoms with Crippen molar-refractivity contribution in [2.45, 2.75) is 33.4 Å². The second-order valence-electron chi connectivity index (χ2n) is 7.95. The van der Waals surface area contributed by atoms with Crippen LogP contribution in [0.1, 0.15) is 31.4 Å². The van der Waals surface area contributed by atoms with E-state index in [0.717, 1.165) is 58.4 Å². The summed E-state index contributed by atoms with van der Waals surface area (Å²) in [6.07, 6.45) is 1.22. The van der Waals surface area contributed by atoms with E-state index in [-0.39, 0.29) is 24.0 Å². The number of ether oxygens (including phenoxy) is 1. The molecule has 0 saturated carbocycles. The second-order valence-corrected chi connectivity index (χ2v) is 7.95. The molecule has 1 aromatic rings. The number of aliphatic imine (C=N–C) groups is 1. The molecule has 2 saturated heterocycles. The molecule has 5 nitrogen and oxygen atoms in total. The summed E-state index contributed by atoms with van der Waals surface area (Å²) in [4.78, 5) is 9.31. The normalized spacial score (nSPS) is 20.7. The average molecular weight is 472 g/mol. The number of hydrogen-bond acceptors (Lipinski definition) is 3. The van der Waals surface area contributed by atoms with Gasteiger partial charge in [0.2, 0.25) is 0 Å². The minimum atomic E-state index is 0. The Hall–Kier alpha value is -0.860. The van der Waals surface area contributed by atoms with E-state index in [1.54, 1.807) is 0 Å². The Morgan fingerprint density at radius 3 is 2.58 bits per heavy atom. The van der Waals surface area contributed by atoms with Crippen LogP contribution in [0.2, 0.25) is 0 Å². The van der Waals surface area contributed by atoms with Crippen LogP contribution in [0.5, 0.6) is 0 Å². The highest BCUT2D eigenvalue weighted by molar-refractivity contribution is 14.0. The third-order valence-corrected chi connectivity index (χ3v) is 5.14. The molecule has 0 aliphatic carbocycles. The Morgan fingerprint density at radius 2 is 1.92 bits per heavy atom. The Labute approximate surface area is 175 Å². The molecule has 1 N–H and O–H groups in total. The van der Waals surface area contributed by atoms with Gasteiger partial charge < -0.3 is 15.0 Å². The van der Waals surface area contributed by atoms with Crippen molar-refractivity contribution in [2.24, 2.45) is 10.4 Å². The van der Waals surface area contributed by atoms with Crippen LogP contribution in [0.4, 0.5) is 0 Å². The van der Waals surface area contributed by atoms with Gasteiger partial charge in [0.15, 0.2) is 5.96 Å². The van der Waals surface area contributed by atoms with Crippen LogP contribution in [0.3, 0.4) is 0 Å². The number of nitrogens with zero attached hydrogens (tertiary/aromatic N) is 3. The van der Waals surface area contributed by atoms with Crippen LogP contribution >= 0.6 is 24.0 Å². The summed E-state index contributed by atoms with van der Waals surface area (Å²) in [5.41, 5.74) is 3.07. The molecule has 26 heavy (non-hydrogen) atoms. The summed E-state index contributed by atoms with van der Waals surface area (Å²) >= 11 is 0. The fourth-order valence-corrected chi connectivity index (χ4v) is 3.66. The van der Waals surface area contributed by atoms with Gasteiger partial charge in [-0.15, -0.1) is 24.0 Å². The van der Waals surface area contributed by atoms with Crippen LogP contribution in [-0.4, -0.2) is 62.2 Å². The van der Waals surface area contributed by atoms with Crippen LogP contribution in [0.15, 0.2) is 29.3 Å². The standard InChI is InChI=1S/C20H32N4O.HI/c1-20(2)7-8-24(16-20)19(21-3)22-14-17-5-4-6-18(13-17)15-23-9-11-25-12-10-23;/h4-6,13H,7-12,14-16H2,1-3H3,(H,21,22);1H. The lowest BCUT2D eigenvalue weighted by Crippen LogP contribution is -2.40. The number of morpholine rings is 1. The highest BCUT2D eigenvalue weighted by atomic mass is 127. The van der Waals surface area contributed by atoms with E-state index in [0.29, 0.717) is 5.41 Å². The van der Waals surface area contributed by atoms with E-state index in [4.69, 9.17) is 4.74 Å². The zero-order valence-electron chi connectivity index (χ0n) is 16.3. The number of halogens is 1. The summed E-state index contributed by atoms with van der Waals surface area (Å²) in [7, 11) is 1.88. The third-order valence-electron chi connectivity index (χ3n) is 5.14. The van der Waals surface area contributed by atoms with Crippen molar-refractivity contribution in [3.63, 3.8) is 0 Å². The molecule has 0 spiro atoms. The SMILES string of the molecule is CN=C(NCc1cccc(CN2CCOCC2)c1)N1CCC(C)(C)C1.I. The van der Waals surface area contributed by atoms with Crippen LogP contribution in [-0.2, 0) is 17.8 Å². The van der Waals surface area contributed by atoms with Gasteiger partial charge in [-0.25, -0.2) is 0 Å². The summed E-state index contributed by atoms with van der Waals surface area (Å²) < 4.78 is 5.43. The fraction of sp³-hybridized carbons (Fsp3) is 0.650. The largest absolute Gasteiger partial charge is 0.379 e. The van der Waals surface area contributed by atoms with Gasteiger partial charge in [0.25, 0.3) is 0 Å². The van der Waals surface area contributed by atoms with Gasteiger partial charge in [-0.05, 0) is 23.0 Å². The lowest BCUT2D eigenvalue weighted by Gasteiger charge is -2.26. The smallest absolute Gasteiger partial charge is 0.193 e. The zero-order valence-corrected chi connectivity index (χ0v) is 18.7. The van der Waals surface area contributed by atoms with Crippen molar-refractivity contribution in [3.05, 3.63) is 35.4 Å². The maximum Gasteiger partial charge on any atom is 0.193 e. The summed E-state index contributed by atoms with van der Waals surface area (Å²) in [6, 6.07) is 8.88. The number of benzene rings is 1. The Kier molecular flexibility index (Phi) is 8.16. The molecule has 2 fully saturated rings. The third kappa shape index (κ3) is 6.09. The van der Waals surface area contributed by atoms with E-state index < -0.39 is 0 Å². The maximum atomic E-state index is 5.43. The number of nitrogens with one attached hydrogen (secondary N) is 1.